The van der Waals surface area contributed by atoms with Crippen LogP contribution in [0.5, 0.6) is 0 Å². The van der Waals surface area contributed by atoms with E-state index in [1.165, 1.54) is 11.8 Å². The molecule has 2 aromatic carbocycles. The normalized spacial score (nSPS) is 12.0. The number of thioether (sulfide) groups is 1. The van der Waals surface area contributed by atoms with Crippen LogP contribution in [0.1, 0.15) is 19.4 Å². The lowest BCUT2D eigenvalue weighted by Crippen LogP contribution is -2.36. The van der Waals surface area contributed by atoms with Crippen LogP contribution in [0.15, 0.2) is 59.8 Å². The van der Waals surface area contributed by atoms with Crippen molar-refractivity contribution in [1.82, 2.24) is 19.7 Å². The van der Waals surface area contributed by atoms with Gasteiger partial charge in [-0.25, -0.2) is 0 Å². The highest BCUT2D eigenvalue weighted by Crippen LogP contribution is 2.27. The summed E-state index contributed by atoms with van der Waals surface area (Å²) in [6, 6.07) is 17.5. The third-order valence-electron chi connectivity index (χ3n) is 4.48. The Morgan fingerprint density at radius 2 is 1.82 bits per heavy atom. The smallest absolute Gasteiger partial charge is 0.236 e. The molecule has 3 aromatic rings. The summed E-state index contributed by atoms with van der Waals surface area (Å²) in [6.07, 6.45) is 0. The first-order chi connectivity index (χ1) is 13.5. The van der Waals surface area contributed by atoms with E-state index in [1.54, 1.807) is 0 Å². The molecule has 3 rings (SSSR count). The Balaban J connectivity index is 1.70. The summed E-state index contributed by atoms with van der Waals surface area (Å²) in [4.78, 5) is 14.8. The molecule has 0 saturated carbocycles. The number of aromatic nitrogens is 3. The summed E-state index contributed by atoms with van der Waals surface area (Å²) in [5.74, 6) is 0.836. The van der Waals surface area contributed by atoms with Gasteiger partial charge in [-0.3, -0.25) is 4.79 Å². The molecule has 1 atom stereocenters. The van der Waals surface area contributed by atoms with Crippen LogP contribution in [-0.2, 0) is 18.4 Å². The Labute approximate surface area is 174 Å². The van der Waals surface area contributed by atoms with Crippen LogP contribution in [0.4, 0.5) is 0 Å². The molecule has 0 aliphatic carbocycles. The lowest BCUT2D eigenvalue weighted by atomic mass is 10.2. The molecule has 1 amide bonds. The summed E-state index contributed by atoms with van der Waals surface area (Å²) in [6.45, 7) is 5.18. The van der Waals surface area contributed by atoms with Crippen molar-refractivity contribution < 1.29 is 4.79 Å². The second-order valence-electron chi connectivity index (χ2n) is 6.47. The highest BCUT2D eigenvalue weighted by atomic mass is 35.5. The second-order valence-corrected chi connectivity index (χ2v) is 8.21. The van der Waals surface area contributed by atoms with E-state index < -0.39 is 0 Å². The molecule has 1 heterocycles. The summed E-state index contributed by atoms with van der Waals surface area (Å²) in [5, 5.41) is 9.69. The fraction of sp³-hybridized carbons (Fsp3) is 0.286. The van der Waals surface area contributed by atoms with E-state index in [0.29, 0.717) is 23.3 Å². The van der Waals surface area contributed by atoms with Gasteiger partial charge in [-0.15, -0.1) is 10.2 Å². The highest BCUT2D eigenvalue weighted by molar-refractivity contribution is 8.00. The van der Waals surface area contributed by atoms with Crippen LogP contribution in [0, 0.1) is 0 Å². The van der Waals surface area contributed by atoms with Crippen molar-refractivity contribution in [2.24, 2.45) is 7.05 Å². The van der Waals surface area contributed by atoms with Crippen molar-refractivity contribution in [3.8, 4) is 11.4 Å². The molecule has 0 spiro atoms. The van der Waals surface area contributed by atoms with Gasteiger partial charge in [0.2, 0.25) is 5.91 Å². The van der Waals surface area contributed by atoms with Gasteiger partial charge in [0.25, 0.3) is 0 Å². The molecule has 5 nitrogen and oxygen atoms in total. The highest BCUT2D eigenvalue weighted by Gasteiger charge is 2.23. The predicted molar refractivity (Wildman–Crippen MR) is 114 cm³/mol. The maximum absolute atomic E-state index is 12.9. The van der Waals surface area contributed by atoms with Crippen molar-refractivity contribution in [1.29, 1.82) is 0 Å². The number of benzene rings is 2. The summed E-state index contributed by atoms with van der Waals surface area (Å²) < 4.78 is 1.91. The molecule has 1 unspecified atom stereocenters. The molecule has 0 radical (unpaired) electrons. The van der Waals surface area contributed by atoms with E-state index in [-0.39, 0.29) is 11.2 Å². The van der Waals surface area contributed by atoms with Gasteiger partial charge in [0.15, 0.2) is 11.0 Å². The van der Waals surface area contributed by atoms with Crippen molar-refractivity contribution in [2.45, 2.75) is 30.8 Å². The van der Waals surface area contributed by atoms with Gasteiger partial charge in [-0.2, -0.15) is 0 Å². The molecular formula is C21H23ClN4OS. The van der Waals surface area contributed by atoms with E-state index in [9.17, 15) is 4.79 Å². The molecule has 0 aliphatic heterocycles. The van der Waals surface area contributed by atoms with E-state index in [2.05, 4.69) is 10.2 Å². The van der Waals surface area contributed by atoms with Crippen LogP contribution >= 0.6 is 23.4 Å². The number of carbonyl (C=O) groups is 1. The Hall–Kier alpha value is -2.31. The Bertz CT molecular complexity index is 927. The Morgan fingerprint density at radius 1 is 1.14 bits per heavy atom. The van der Waals surface area contributed by atoms with Crippen LogP contribution in [0.3, 0.4) is 0 Å². The maximum Gasteiger partial charge on any atom is 0.236 e. The third-order valence-corrected chi connectivity index (χ3v) is 5.85. The number of hydrogen-bond acceptors (Lipinski definition) is 4. The number of halogens is 1. The Kier molecular flexibility index (Phi) is 6.75. The number of hydrogen-bond donors (Lipinski definition) is 0. The lowest BCUT2D eigenvalue weighted by molar-refractivity contribution is -0.130. The lowest BCUT2D eigenvalue weighted by Gasteiger charge is -2.24. The summed E-state index contributed by atoms with van der Waals surface area (Å²) in [7, 11) is 1.91. The average molecular weight is 415 g/mol. The quantitative estimate of drug-likeness (QED) is 0.527. The SMILES string of the molecule is CCN(Cc1ccccc1)C(=O)C(C)Sc1nnc(-c2ccc(Cl)cc2)n1C. The van der Waals surface area contributed by atoms with Crippen LogP contribution in [0.25, 0.3) is 11.4 Å². The third kappa shape index (κ3) is 4.75. The fourth-order valence-corrected chi connectivity index (χ4v) is 3.91. The topological polar surface area (TPSA) is 51.0 Å². The zero-order valence-electron chi connectivity index (χ0n) is 16.2. The summed E-state index contributed by atoms with van der Waals surface area (Å²) in [5.41, 5.74) is 2.06. The molecular weight excluding hydrogens is 392 g/mol. The van der Waals surface area contributed by atoms with Gasteiger partial charge < -0.3 is 9.47 Å². The molecule has 28 heavy (non-hydrogen) atoms. The predicted octanol–water partition coefficient (Wildman–Crippen LogP) is 4.66. The van der Waals surface area contributed by atoms with Crippen molar-refractivity contribution in [3.05, 3.63) is 65.2 Å². The monoisotopic (exact) mass is 414 g/mol. The first kappa shape index (κ1) is 20.4. The number of carbonyl (C=O) groups excluding carboxylic acids is 1. The van der Waals surface area contributed by atoms with Gasteiger partial charge in [-0.05, 0) is 43.7 Å². The molecule has 146 valence electrons. The molecule has 0 N–H and O–H groups in total. The van der Waals surface area contributed by atoms with Gasteiger partial charge in [0.1, 0.15) is 0 Å². The zero-order valence-corrected chi connectivity index (χ0v) is 17.7. The molecule has 0 fully saturated rings. The van der Waals surface area contributed by atoms with Gasteiger partial charge in [-0.1, -0.05) is 53.7 Å². The summed E-state index contributed by atoms with van der Waals surface area (Å²) >= 11 is 7.38. The van der Waals surface area contributed by atoms with Crippen LogP contribution < -0.4 is 0 Å². The number of rotatable bonds is 7. The van der Waals surface area contributed by atoms with Crippen molar-refractivity contribution >= 4 is 29.3 Å². The zero-order chi connectivity index (χ0) is 20.1. The van der Waals surface area contributed by atoms with Gasteiger partial charge >= 0.3 is 0 Å². The van der Waals surface area contributed by atoms with E-state index >= 15 is 0 Å². The standard InChI is InChI=1S/C21H23ClN4OS/c1-4-26(14-16-8-6-5-7-9-16)20(27)15(2)28-21-24-23-19(25(21)3)17-10-12-18(22)13-11-17/h5-13,15H,4,14H2,1-3H3. The minimum absolute atomic E-state index is 0.0902. The molecule has 0 bridgehead atoms. The first-order valence-electron chi connectivity index (χ1n) is 9.14. The maximum atomic E-state index is 12.9. The molecule has 0 saturated heterocycles. The Morgan fingerprint density at radius 3 is 2.46 bits per heavy atom. The van der Waals surface area contributed by atoms with Crippen molar-refractivity contribution in [2.75, 3.05) is 6.54 Å². The minimum Gasteiger partial charge on any atom is -0.338 e. The number of nitrogens with zero attached hydrogens (tertiary/aromatic N) is 4. The van der Waals surface area contributed by atoms with Crippen LogP contribution in [0.2, 0.25) is 5.02 Å². The first-order valence-corrected chi connectivity index (χ1v) is 10.4. The van der Waals surface area contributed by atoms with Crippen molar-refractivity contribution in [3.63, 3.8) is 0 Å². The average Bonchev–Trinajstić information content (AvgIpc) is 3.07. The van der Waals surface area contributed by atoms with E-state index in [4.69, 9.17) is 11.6 Å². The van der Waals surface area contributed by atoms with E-state index in [1.807, 2.05) is 85.0 Å². The molecule has 1 aromatic heterocycles. The molecule has 7 heteroatoms. The minimum atomic E-state index is -0.260. The van der Waals surface area contributed by atoms with E-state index in [0.717, 1.165) is 17.0 Å². The largest absolute Gasteiger partial charge is 0.338 e. The number of amides is 1. The second kappa shape index (κ2) is 9.26. The molecule has 0 aliphatic rings. The van der Waals surface area contributed by atoms with Gasteiger partial charge in [0, 0.05) is 30.7 Å². The fourth-order valence-electron chi connectivity index (χ4n) is 2.88. The van der Waals surface area contributed by atoms with Crippen LogP contribution in [-0.4, -0.2) is 37.4 Å². The van der Waals surface area contributed by atoms with Gasteiger partial charge in [0.05, 0.1) is 5.25 Å².